The Bertz CT molecular complexity index is 21.1. The Kier molecular flexibility index (Phi) is 50.8. The average molecular weight is 163 g/mol. The third kappa shape index (κ3) is 25.7. The highest BCUT2D eigenvalue weighted by Crippen LogP contribution is 1.90. The van der Waals surface area contributed by atoms with Gasteiger partial charge in [0.05, 0.1) is 0 Å². The molecule has 1 aliphatic heterocycles. The fourth-order valence-corrected chi connectivity index (χ4v) is 0.625. The second-order valence-corrected chi connectivity index (χ2v) is 1.46. The highest BCUT2D eigenvalue weighted by atomic mass is 16.2. The minimum Gasteiger partial charge on any atom is -0.400 e. The number of aliphatic hydroxyl groups excluding tert-OH is 1. The van der Waals surface area contributed by atoms with E-state index in [0.29, 0.717) is 0 Å². The molecule has 1 fully saturated rings. The van der Waals surface area contributed by atoms with Crippen LogP contribution in [0.5, 0.6) is 0 Å². The lowest BCUT2D eigenvalue weighted by Crippen LogP contribution is -2.03. The Morgan fingerprint density at radius 1 is 0.818 bits per heavy atom. The number of nitrogens with one attached hydrogen (secondary N) is 1. The van der Waals surface area contributed by atoms with Crippen LogP contribution in [0, 0.1) is 0 Å². The predicted octanol–water partition coefficient (Wildman–Crippen LogP) is 2.03. The minimum atomic E-state index is 1.00. The summed E-state index contributed by atoms with van der Waals surface area (Å²) in [7, 11) is 1.00. The van der Waals surface area contributed by atoms with Crippen molar-refractivity contribution in [2.24, 2.45) is 0 Å². The predicted molar refractivity (Wildman–Crippen MR) is 52.9 cm³/mol. The molecule has 1 aliphatic rings. The van der Waals surface area contributed by atoms with E-state index in [9.17, 15) is 0 Å². The summed E-state index contributed by atoms with van der Waals surface area (Å²) < 4.78 is 0. The molecule has 0 saturated carbocycles. The maximum atomic E-state index is 7.00. The molecule has 0 radical (unpaired) electrons. The van der Waals surface area contributed by atoms with Crippen molar-refractivity contribution in [1.82, 2.24) is 5.32 Å². The van der Waals surface area contributed by atoms with Crippen LogP contribution in [0.1, 0.15) is 40.5 Å². The summed E-state index contributed by atoms with van der Waals surface area (Å²) in [5.74, 6) is 0. The lowest BCUT2D eigenvalue weighted by molar-refractivity contribution is 0.399. The van der Waals surface area contributed by atoms with Gasteiger partial charge in [-0.2, -0.15) is 0 Å². The first-order valence-corrected chi connectivity index (χ1v) is 4.65. The van der Waals surface area contributed by atoms with Crippen molar-refractivity contribution < 1.29 is 5.11 Å². The van der Waals surface area contributed by atoms with Crippen LogP contribution in [0.4, 0.5) is 0 Å². The molecule has 0 aliphatic carbocycles. The first-order valence-electron chi connectivity index (χ1n) is 4.65. The normalized spacial score (nSPS) is 12.5. The Labute approximate surface area is 72.0 Å². The SMILES string of the molecule is C1CCNC1.CC.CC.CO. The molecule has 0 spiro atoms. The molecule has 1 rings (SSSR count). The van der Waals surface area contributed by atoms with E-state index in [2.05, 4.69) is 5.32 Å². The smallest absolute Gasteiger partial charge is 0.0319 e. The van der Waals surface area contributed by atoms with E-state index >= 15 is 0 Å². The van der Waals surface area contributed by atoms with Crippen molar-refractivity contribution in [1.29, 1.82) is 0 Å². The van der Waals surface area contributed by atoms with Gasteiger partial charge in [0.2, 0.25) is 0 Å². The molecule has 0 aromatic heterocycles. The lowest BCUT2D eigenvalue weighted by atomic mass is 10.4. The average Bonchev–Trinajstić information content (AvgIpc) is 2.71. The molecule has 1 heterocycles. The summed E-state index contributed by atoms with van der Waals surface area (Å²) in [5, 5.41) is 10.2. The van der Waals surface area contributed by atoms with E-state index < -0.39 is 0 Å². The molecule has 0 unspecified atom stereocenters. The molecule has 0 bridgehead atoms. The summed E-state index contributed by atoms with van der Waals surface area (Å²) >= 11 is 0. The first-order chi connectivity index (χ1) is 5.50. The van der Waals surface area contributed by atoms with Crippen LogP contribution in [0.25, 0.3) is 0 Å². The third-order valence-electron chi connectivity index (χ3n) is 0.957. The maximum Gasteiger partial charge on any atom is 0.0319 e. The molecule has 72 valence electrons. The number of hydrogen-bond acceptors (Lipinski definition) is 2. The Balaban J connectivity index is -0.0000000933. The Morgan fingerprint density at radius 2 is 1.09 bits per heavy atom. The summed E-state index contributed by atoms with van der Waals surface area (Å²) in [6.07, 6.45) is 2.78. The van der Waals surface area contributed by atoms with Crippen LogP contribution >= 0.6 is 0 Å². The second-order valence-electron chi connectivity index (χ2n) is 1.46. The van der Waals surface area contributed by atoms with Gasteiger partial charge < -0.3 is 10.4 Å². The van der Waals surface area contributed by atoms with Crippen molar-refractivity contribution in [3.05, 3.63) is 0 Å². The second kappa shape index (κ2) is 32.6. The van der Waals surface area contributed by atoms with E-state index in [1.165, 1.54) is 25.9 Å². The van der Waals surface area contributed by atoms with E-state index in [1.54, 1.807) is 0 Å². The maximum absolute atomic E-state index is 7.00. The number of hydrogen-bond donors (Lipinski definition) is 2. The van der Waals surface area contributed by atoms with Crippen molar-refractivity contribution in [2.75, 3.05) is 20.2 Å². The van der Waals surface area contributed by atoms with Crippen LogP contribution in [0.3, 0.4) is 0 Å². The van der Waals surface area contributed by atoms with Gasteiger partial charge in [-0.1, -0.05) is 27.7 Å². The fraction of sp³-hybridized carbons (Fsp3) is 1.00. The van der Waals surface area contributed by atoms with Gasteiger partial charge >= 0.3 is 0 Å². The van der Waals surface area contributed by atoms with Crippen molar-refractivity contribution in [2.45, 2.75) is 40.5 Å². The van der Waals surface area contributed by atoms with Gasteiger partial charge in [-0.15, -0.1) is 0 Å². The van der Waals surface area contributed by atoms with Crippen LogP contribution in [0.2, 0.25) is 0 Å². The molecular formula is C9H25NO. The number of aliphatic hydroxyl groups is 1. The van der Waals surface area contributed by atoms with Gasteiger partial charge in [0.25, 0.3) is 0 Å². The quantitative estimate of drug-likeness (QED) is 0.572. The molecule has 11 heavy (non-hydrogen) atoms. The molecule has 0 aromatic rings. The summed E-state index contributed by atoms with van der Waals surface area (Å²) in [6.45, 7) is 10.5. The molecule has 2 nitrogen and oxygen atoms in total. The zero-order chi connectivity index (χ0) is 9.54. The molecular weight excluding hydrogens is 138 g/mol. The zero-order valence-corrected chi connectivity index (χ0v) is 8.78. The standard InChI is InChI=1S/C4H9N.2C2H6.CH4O/c1-2-4-5-3-1;3*1-2/h5H,1-4H2;2*1-2H3;2H,1H3. The van der Waals surface area contributed by atoms with Gasteiger partial charge in [-0.3, -0.25) is 0 Å². The monoisotopic (exact) mass is 163 g/mol. The molecule has 0 aromatic carbocycles. The van der Waals surface area contributed by atoms with Crippen molar-refractivity contribution in [3.63, 3.8) is 0 Å². The van der Waals surface area contributed by atoms with Gasteiger partial charge in [-0.25, -0.2) is 0 Å². The van der Waals surface area contributed by atoms with Gasteiger partial charge in [0.1, 0.15) is 0 Å². The summed E-state index contributed by atoms with van der Waals surface area (Å²) in [5.41, 5.74) is 0. The highest BCUT2D eigenvalue weighted by Gasteiger charge is 1.93. The minimum absolute atomic E-state index is 1.00. The van der Waals surface area contributed by atoms with E-state index in [0.717, 1.165) is 7.11 Å². The summed E-state index contributed by atoms with van der Waals surface area (Å²) in [4.78, 5) is 0. The van der Waals surface area contributed by atoms with Gasteiger partial charge in [0, 0.05) is 7.11 Å². The largest absolute Gasteiger partial charge is 0.400 e. The summed E-state index contributed by atoms with van der Waals surface area (Å²) in [6, 6.07) is 0. The number of rotatable bonds is 0. The van der Waals surface area contributed by atoms with Gasteiger partial charge in [0.15, 0.2) is 0 Å². The Morgan fingerprint density at radius 3 is 1.18 bits per heavy atom. The van der Waals surface area contributed by atoms with Crippen LogP contribution in [-0.2, 0) is 0 Å². The van der Waals surface area contributed by atoms with E-state index in [4.69, 9.17) is 5.11 Å². The zero-order valence-electron chi connectivity index (χ0n) is 8.78. The molecule has 0 atom stereocenters. The molecule has 2 heteroatoms. The molecule has 0 amide bonds. The molecule has 2 N–H and O–H groups in total. The van der Waals surface area contributed by atoms with Crippen molar-refractivity contribution in [3.8, 4) is 0 Å². The third-order valence-corrected chi connectivity index (χ3v) is 0.957. The molecule has 1 saturated heterocycles. The Hall–Kier alpha value is -0.0800. The van der Waals surface area contributed by atoms with Crippen LogP contribution < -0.4 is 5.32 Å². The first kappa shape index (κ1) is 17.1. The van der Waals surface area contributed by atoms with Crippen LogP contribution in [-0.4, -0.2) is 25.3 Å². The fourth-order valence-electron chi connectivity index (χ4n) is 0.625. The van der Waals surface area contributed by atoms with Gasteiger partial charge in [-0.05, 0) is 25.9 Å². The highest BCUT2D eigenvalue weighted by molar-refractivity contribution is 4.55. The van der Waals surface area contributed by atoms with Crippen molar-refractivity contribution >= 4 is 0 Å². The lowest BCUT2D eigenvalue weighted by Gasteiger charge is -1.76. The van der Waals surface area contributed by atoms with E-state index in [1.807, 2.05) is 27.7 Å². The topological polar surface area (TPSA) is 32.3 Å². The van der Waals surface area contributed by atoms with E-state index in [-0.39, 0.29) is 0 Å². The van der Waals surface area contributed by atoms with Crippen LogP contribution in [0.15, 0.2) is 0 Å².